The molecule has 104 valence electrons. The quantitative estimate of drug-likeness (QED) is 0.466. The third-order valence-electron chi connectivity index (χ3n) is 2.35. The van der Waals surface area contributed by atoms with Crippen molar-refractivity contribution in [2.75, 3.05) is 13.2 Å². The molecule has 0 spiro atoms. The number of carbonyl (C=O) groups excluding carboxylic acids is 1. The number of nitrogens with one attached hydrogen (secondary N) is 1. The van der Waals surface area contributed by atoms with E-state index in [2.05, 4.69) is 11.9 Å². The summed E-state index contributed by atoms with van der Waals surface area (Å²) in [6.07, 6.45) is 1.56. The van der Waals surface area contributed by atoms with Gasteiger partial charge >= 0.3 is 0 Å². The van der Waals surface area contributed by atoms with Gasteiger partial charge in [0, 0.05) is 6.54 Å². The molecule has 1 rings (SSSR count). The van der Waals surface area contributed by atoms with Crippen LogP contribution in [0.25, 0.3) is 0 Å². The Balaban J connectivity index is 2.41. The normalized spacial score (nSPS) is 11.0. The minimum Gasteiger partial charge on any atom is -0.352 e. The summed E-state index contributed by atoms with van der Waals surface area (Å²) in [7, 11) is -3.72. The van der Waals surface area contributed by atoms with Crippen LogP contribution in [0.3, 0.4) is 0 Å². The van der Waals surface area contributed by atoms with Crippen LogP contribution in [0, 0.1) is 6.92 Å². The predicted octanol–water partition coefficient (Wildman–Crippen LogP) is 1.39. The molecule has 0 aliphatic rings. The van der Waals surface area contributed by atoms with Crippen molar-refractivity contribution in [1.29, 1.82) is 0 Å². The van der Waals surface area contributed by atoms with Gasteiger partial charge < -0.3 is 5.32 Å². The smallest absolute Gasteiger partial charge is 0.296 e. The second kappa shape index (κ2) is 7.06. The molecule has 6 heteroatoms. The van der Waals surface area contributed by atoms with Gasteiger partial charge in [-0.2, -0.15) is 8.42 Å². The summed E-state index contributed by atoms with van der Waals surface area (Å²) in [6.45, 7) is 5.54. The van der Waals surface area contributed by atoms with Gasteiger partial charge in [0.1, 0.15) is 0 Å². The van der Waals surface area contributed by atoms with Crippen molar-refractivity contribution in [3.8, 4) is 0 Å². The van der Waals surface area contributed by atoms with Crippen LogP contribution in [-0.2, 0) is 19.1 Å². The Kier molecular flexibility index (Phi) is 5.72. The first kappa shape index (κ1) is 15.4. The van der Waals surface area contributed by atoms with Crippen molar-refractivity contribution in [3.63, 3.8) is 0 Å². The molecule has 1 N–H and O–H groups in total. The average molecular weight is 283 g/mol. The van der Waals surface area contributed by atoms with E-state index in [1.807, 2.05) is 6.92 Å². The van der Waals surface area contributed by atoms with Crippen LogP contribution in [0.4, 0.5) is 0 Å². The van der Waals surface area contributed by atoms with Crippen LogP contribution in [0.1, 0.15) is 12.0 Å². The van der Waals surface area contributed by atoms with Crippen LogP contribution in [-0.4, -0.2) is 27.5 Å². The highest BCUT2D eigenvalue weighted by Crippen LogP contribution is 2.13. The maximum absolute atomic E-state index is 11.8. The van der Waals surface area contributed by atoms with E-state index in [9.17, 15) is 13.2 Å². The fourth-order valence-electron chi connectivity index (χ4n) is 1.30. The van der Waals surface area contributed by atoms with Gasteiger partial charge in [0.15, 0.2) is 0 Å². The molecule has 0 atom stereocenters. The summed E-state index contributed by atoms with van der Waals surface area (Å²) in [5.41, 5.74) is 0.978. The van der Waals surface area contributed by atoms with Crippen molar-refractivity contribution in [2.24, 2.45) is 0 Å². The van der Waals surface area contributed by atoms with Gasteiger partial charge in [-0.15, -0.1) is 0 Å². The topological polar surface area (TPSA) is 72.5 Å². The summed E-state index contributed by atoms with van der Waals surface area (Å²) in [5, 5.41) is 2.53. The van der Waals surface area contributed by atoms with E-state index >= 15 is 0 Å². The van der Waals surface area contributed by atoms with Crippen LogP contribution in [0.5, 0.6) is 0 Å². The molecule has 19 heavy (non-hydrogen) atoms. The van der Waals surface area contributed by atoms with Gasteiger partial charge in [-0.25, -0.2) is 0 Å². The van der Waals surface area contributed by atoms with Crippen molar-refractivity contribution in [3.05, 3.63) is 42.5 Å². The second-order valence-electron chi connectivity index (χ2n) is 3.94. The minimum absolute atomic E-state index is 0.0215. The Labute approximate surface area is 113 Å². The van der Waals surface area contributed by atoms with Gasteiger partial charge in [-0.05, 0) is 31.6 Å². The average Bonchev–Trinajstić information content (AvgIpc) is 2.38. The number of carbonyl (C=O) groups is 1. The Bertz CT molecular complexity index is 534. The molecule has 1 aromatic carbocycles. The summed E-state index contributed by atoms with van der Waals surface area (Å²) in [6, 6.07) is 6.43. The lowest BCUT2D eigenvalue weighted by atomic mass is 10.2. The highest BCUT2D eigenvalue weighted by atomic mass is 32.2. The highest BCUT2D eigenvalue weighted by molar-refractivity contribution is 7.86. The van der Waals surface area contributed by atoms with Gasteiger partial charge in [0.05, 0.1) is 11.5 Å². The number of rotatable bonds is 7. The minimum atomic E-state index is -3.72. The Hall–Kier alpha value is -1.66. The van der Waals surface area contributed by atoms with Gasteiger partial charge in [0.25, 0.3) is 10.1 Å². The maximum Gasteiger partial charge on any atom is 0.296 e. The Morgan fingerprint density at radius 2 is 2.00 bits per heavy atom. The Morgan fingerprint density at radius 3 is 2.58 bits per heavy atom. The number of hydrogen-bond acceptors (Lipinski definition) is 4. The molecule has 0 aliphatic carbocycles. The highest BCUT2D eigenvalue weighted by Gasteiger charge is 2.14. The number of benzene rings is 1. The van der Waals surface area contributed by atoms with E-state index in [0.717, 1.165) is 11.6 Å². The van der Waals surface area contributed by atoms with E-state index < -0.39 is 10.1 Å². The standard InChI is InChI=1S/C13H17NO4S/c1-3-13(15)14-9-4-10-18-19(16,17)12-7-5-11(2)6-8-12/h3,5-8H,1,4,9-10H2,2H3,(H,14,15). The summed E-state index contributed by atoms with van der Waals surface area (Å²) in [5.74, 6) is -0.290. The van der Waals surface area contributed by atoms with Crippen molar-refractivity contribution in [1.82, 2.24) is 5.32 Å². The number of aryl methyl sites for hydroxylation is 1. The summed E-state index contributed by atoms with van der Waals surface area (Å²) < 4.78 is 28.4. The third-order valence-corrected chi connectivity index (χ3v) is 3.68. The molecule has 1 aromatic rings. The molecule has 0 radical (unpaired) electrons. The zero-order valence-electron chi connectivity index (χ0n) is 10.8. The fraction of sp³-hybridized carbons (Fsp3) is 0.308. The van der Waals surface area contributed by atoms with Crippen LogP contribution >= 0.6 is 0 Å². The molecule has 0 bridgehead atoms. The summed E-state index contributed by atoms with van der Waals surface area (Å²) in [4.78, 5) is 11.0. The van der Waals surface area contributed by atoms with E-state index in [1.54, 1.807) is 12.1 Å². The first-order valence-corrected chi connectivity index (χ1v) is 7.23. The second-order valence-corrected chi connectivity index (χ2v) is 5.55. The van der Waals surface area contributed by atoms with E-state index in [0.29, 0.717) is 13.0 Å². The van der Waals surface area contributed by atoms with Crippen molar-refractivity contribution >= 4 is 16.0 Å². The monoisotopic (exact) mass is 283 g/mol. The third kappa shape index (κ3) is 5.23. The fourth-order valence-corrected chi connectivity index (χ4v) is 2.24. The zero-order chi connectivity index (χ0) is 14.3. The molecule has 1 amide bonds. The van der Waals surface area contributed by atoms with E-state index in [4.69, 9.17) is 4.18 Å². The maximum atomic E-state index is 11.8. The number of hydrogen-bond donors (Lipinski definition) is 1. The Morgan fingerprint density at radius 1 is 1.37 bits per heavy atom. The predicted molar refractivity (Wildman–Crippen MR) is 72.1 cm³/mol. The van der Waals surface area contributed by atoms with Crippen molar-refractivity contribution < 1.29 is 17.4 Å². The number of amides is 1. The first-order chi connectivity index (χ1) is 8.95. The van der Waals surface area contributed by atoms with E-state index in [-0.39, 0.29) is 17.4 Å². The zero-order valence-corrected chi connectivity index (χ0v) is 11.6. The molecular formula is C13H17NO4S. The molecule has 0 aliphatic heterocycles. The van der Waals surface area contributed by atoms with Crippen LogP contribution in [0.2, 0.25) is 0 Å². The lowest BCUT2D eigenvalue weighted by Crippen LogP contribution is -2.23. The lowest BCUT2D eigenvalue weighted by molar-refractivity contribution is -0.116. The molecular weight excluding hydrogens is 266 g/mol. The molecule has 0 saturated heterocycles. The largest absolute Gasteiger partial charge is 0.352 e. The molecule has 0 fully saturated rings. The SMILES string of the molecule is C=CC(=O)NCCCOS(=O)(=O)c1ccc(C)cc1. The van der Waals surface area contributed by atoms with E-state index in [1.165, 1.54) is 12.1 Å². The van der Waals surface area contributed by atoms with Gasteiger partial charge in [-0.1, -0.05) is 24.3 Å². The molecule has 0 unspecified atom stereocenters. The lowest BCUT2D eigenvalue weighted by Gasteiger charge is -2.06. The molecule has 0 heterocycles. The van der Waals surface area contributed by atoms with Crippen LogP contribution < -0.4 is 5.32 Å². The van der Waals surface area contributed by atoms with Crippen LogP contribution in [0.15, 0.2) is 41.8 Å². The molecule has 0 saturated carbocycles. The first-order valence-electron chi connectivity index (χ1n) is 5.82. The molecule has 0 aromatic heterocycles. The van der Waals surface area contributed by atoms with Gasteiger partial charge in [0.2, 0.25) is 5.91 Å². The van der Waals surface area contributed by atoms with Gasteiger partial charge in [-0.3, -0.25) is 8.98 Å². The van der Waals surface area contributed by atoms with Crippen molar-refractivity contribution in [2.45, 2.75) is 18.2 Å². The summed E-state index contributed by atoms with van der Waals surface area (Å²) >= 11 is 0. The molecule has 5 nitrogen and oxygen atoms in total.